The second-order valence-electron chi connectivity index (χ2n) is 10.3. The molecule has 3 atom stereocenters. The number of nitrogens with zero attached hydrogens (tertiary/aromatic N) is 1. The molecule has 5 heteroatoms. The lowest BCUT2D eigenvalue weighted by atomic mass is 9.87. The number of aryl methyl sites for hydroxylation is 1. The summed E-state index contributed by atoms with van der Waals surface area (Å²) in [6.45, 7) is 7.35. The van der Waals surface area contributed by atoms with Gasteiger partial charge in [0, 0.05) is 26.2 Å². The van der Waals surface area contributed by atoms with E-state index in [1.807, 2.05) is 13.0 Å². The van der Waals surface area contributed by atoms with Crippen molar-refractivity contribution in [2.45, 2.75) is 64.3 Å². The second kappa shape index (κ2) is 11.9. The number of rotatable bonds is 9. The van der Waals surface area contributed by atoms with Gasteiger partial charge < -0.3 is 14.8 Å². The highest BCUT2D eigenvalue weighted by atomic mass is 16.5. The van der Waals surface area contributed by atoms with Crippen molar-refractivity contribution in [3.63, 3.8) is 0 Å². The topological polar surface area (TPSA) is 50.8 Å². The van der Waals surface area contributed by atoms with Gasteiger partial charge in [-0.3, -0.25) is 9.69 Å². The molecule has 0 spiro atoms. The van der Waals surface area contributed by atoms with Crippen LogP contribution in [0.1, 0.15) is 60.0 Å². The van der Waals surface area contributed by atoms with Crippen LogP contribution in [0.3, 0.4) is 0 Å². The Labute approximate surface area is 220 Å². The molecule has 2 aliphatic heterocycles. The van der Waals surface area contributed by atoms with Crippen LogP contribution in [-0.2, 0) is 22.5 Å². The quantitative estimate of drug-likeness (QED) is 0.418. The highest BCUT2D eigenvalue weighted by Gasteiger charge is 2.30. The summed E-state index contributed by atoms with van der Waals surface area (Å²) in [7, 11) is 0. The molecule has 1 N–H and O–H groups in total. The van der Waals surface area contributed by atoms with Crippen molar-refractivity contribution in [1.29, 1.82) is 0 Å². The molecule has 0 aliphatic carbocycles. The fourth-order valence-corrected chi connectivity index (χ4v) is 5.58. The van der Waals surface area contributed by atoms with E-state index in [2.05, 4.69) is 83.9 Å². The fraction of sp³-hybridized carbons (Fsp3) is 0.406. The third-order valence-corrected chi connectivity index (χ3v) is 7.50. The first-order chi connectivity index (χ1) is 18.1. The second-order valence-corrected chi connectivity index (χ2v) is 10.3. The maximum Gasteiger partial charge on any atom is 0.261 e. The highest BCUT2D eigenvalue weighted by Crippen LogP contribution is 2.38. The lowest BCUT2D eigenvalue weighted by Crippen LogP contribution is -2.41. The molecule has 1 amide bonds. The minimum atomic E-state index is -0.526. The molecule has 3 unspecified atom stereocenters. The number of ether oxygens (including phenoxy) is 2. The van der Waals surface area contributed by atoms with E-state index in [1.165, 1.54) is 27.8 Å². The Bertz CT molecular complexity index is 1190. The number of carbonyl (C=O) groups excluding carboxylic acids is 1. The van der Waals surface area contributed by atoms with Gasteiger partial charge in [-0.1, -0.05) is 73.2 Å². The van der Waals surface area contributed by atoms with Crippen molar-refractivity contribution in [3.05, 3.63) is 101 Å². The van der Waals surface area contributed by atoms with Gasteiger partial charge in [0.15, 0.2) is 6.10 Å². The number of fused-ring (bicyclic) bond motifs is 1. The fourth-order valence-electron chi connectivity index (χ4n) is 5.58. The summed E-state index contributed by atoms with van der Waals surface area (Å²) < 4.78 is 11.9. The van der Waals surface area contributed by atoms with Crippen molar-refractivity contribution >= 4 is 5.91 Å². The Balaban J connectivity index is 1.38. The first kappa shape index (κ1) is 25.5. The lowest BCUT2D eigenvalue weighted by Gasteiger charge is -2.38. The molecule has 1 saturated heterocycles. The molecule has 3 aromatic rings. The minimum absolute atomic E-state index is 0.0728. The maximum atomic E-state index is 12.9. The zero-order valence-corrected chi connectivity index (χ0v) is 22.0. The molecule has 1 fully saturated rings. The summed E-state index contributed by atoms with van der Waals surface area (Å²) in [5.41, 5.74) is 6.49. The van der Waals surface area contributed by atoms with Crippen LogP contribution < -0.4 is 10.1 Å². The number of carbonyl (C=O) groups is 1. The van der Waals surface area contributed by atoms with E-state index >= 15 is 0 Å². The van der Waals surface area contributed by atoms with Gasteiger partial charge in [-0.15, -0.1) is 0 Å². The van der Waals surface area contributed by atoms with Gasteiger partial charge in [-0.25, -0.2) is 0 Å². The van der Waals surface area contributed by atoms with Gasteiger partial charge in [0.1, 0.15) is 5.75 Å². The predicted molar refractivity (Wildman–Crippen MR) is 147 cm³/mol. The molecular weight excluding hydrogens is 460 g/mol. The average molecular weight is 499 g/mol. The molecule has 194 valence electrons. The zero-order chi connectivity index (χ0) is 25.6. The predicted octanol–water partition coefficient (Wildman–Crippen LogP) is 5.60. The van der Waals surface area contributed by atoms with Gasteiger partial charge in [0.05, 0.1) is 12.1 Å². The Kier molecular flexibility index (Phi) is 8.22. The maximum absolute atomic E-state index is 12.9. The van der Waals surface area contributed by atoms with Crippen molar-refractivity contribution in [3.8, 4) is 5.75 Å². The van der Waals surface area contributed by atoms with Crippen LogP contribution in [0.4, 0.5) is 0 Å². The van der Waals surface area contributed by atoms with Crippen molar-refractivity contribution in [2.24, 2.45) is 0 Å². The van der Waals surface area contributed by atoms with Gasteiger partial charge in [-0.05, 0) is 67.0 Å². The van der Waals surface area contributed by atoms with E-state index in [-0.39, 0.29) is 18.1 Å². The number of nitrogens with one attached hydrogen (secondary N) is 1. The smallest absolute Gasteiger partial charge is 0.261 e. The van der Waals surface area contributed by atoms with E-state index in [4.69, 9.17) is 9.47 Å². The number of hydrogen-bond donors (Lipinski definition) is 1. The highest BCUT2D eigenvalue weighted by molar-refractivity contribution is 5.81. The van der Waals surface area contributed by atoms with E-state index < -0.39 is 6.10 Å². The summed E-state index contributed by atoms with van der Waals surface area (Å²) in [4.78, 5) is 15.5. The van der Waals surface area contributed by atoms with Crippen molar-refractivity contribution in [2.75, 3.05) is 19.7 Å². The zero-order valence-electron chi connectivity index (χ0n) is 22.0. The lowest BCUT2D eigenvalue weighted by molar-refractivity contribution is -0.128. The van der Waals surface area contributed by atoms with Crippen LogP contribution in [0.15, 0.2) is 72.8 Å². The molecule has 5 rings (SSSR count). The molecule has 5 nitrogen and oxygen atoms in total. The monoisotopic (exact) mass is 498 g/mol. The normalized spacial score (nSPS) is 20.3. The van der Waals surface area contributed by atoms with Gasteiger partial charge in [-0.2, -0.15) is 0 Å². The van der Waals surface area contributed by atoms with Crippen molar-refractivity contribution < 1.29 is 14.3 Å². The number of benzene rings is 3. The SMILES string of the molecule is CCC(Oc1ccc2c(c1)C(c1ccccc1)N(Cc1cccc(C)c1)CC2)C(=O)NCC1CCCO1. The van der Waals surface area contributed by atoms with Crippen LogP contribution in [0, 0.1) is 6.92 Å². The summed E-state index contributed by atoms with van der Waals surface area (Å²) in [6.07, 6.45) is 3.26. The Morgan fingerprint density at radius 2 is 1.97 bits per heavy atom. The molecular formula is C32H38N2O3. The molecule has 2 aliphatic rings. The summed E-state index contributed by atoms with van der Waals surface area (Å²) >= 11 is 0. The third kappa shape index (κ3) is 6.23. The van der Waals surface area contributed by atoms with Gasteiger partial charge in [0.25, 0.3) is 5.91 Å². The van der Waals surface area contributed by atoms with Gasteiger partial charge >= 0.3 is 0 Å². The minimum Gasteiger partial charge on any atom is -0.481 e. The molecule has 0 saturated carbocycles. The van der Waals surface area contributed by atoms with Crippen molar-refractivity contribution in [1.82, 2.24) is 10.2 Å². The summed E-state index contributed by atoms with van der Waals surface area (Å²) in [6, 6.07) is 26.0. The molecule has 2 heterocycles. The van der Waals surface area contributed by atoms with Crippen LogP contribution in [0.5, 0.6) is 5.75 Å². The number of hydrogen-bond acceptors (Lipinski definition) is 4. The van der Waals surface area contributed by atoms with E-state index in [0.717, 1.165) is 44.7 Å². The summed E-state index contributed by atoms with van der Waals surface area (Å²) in [5.74, 6) is 0.674. The molecule has 3 aromatic carbocycles. The molecule has 37 heavy (non-hydrogen) atoms. The average Bonchev–Trinajstić information content (AvgIpc) is 3.44. The largest absolute Gasteiger partial charge is 0.481 e. The van der Waals surface area contributed by atoms with E-state index in [1.54, 1.807) is 0 Å². The van der Waals surface area contributed by atoms with Gasteiger partial charge in [0.2, 0.25) is 0 Å². The van der Waals surface area contributed by atoms with E-state index in [0.29, 0.717) is 13.0 Å². The standard InChI is InChI=1S/C32H38N2O3/c1-3-30(32(35)33-21-28-13-8-18-36-28)37-27-15-14-25-16-17-34(22-24-10-7-9-23(2)19-24)31(29(25)20-27)26-11-5-4-6-12-26/h4-7,9-12,14-15,19-20,28,30-31H,3,8,13,16-18,21-22H2,1-2H3,(H,33,35). The van der Waals surface area contributed by atoms with E-state index in [9.17, 15) is 4.79 Å². The first-order valence-corrected chi connectivity index (χ1v) is 13.6. The third-order valence-electron chi connectivity index (χ3n) is 7.50. The molecule has 0 bridgehead atoms. The van der Waals surface area contributed by atoms with Crippen LogP contribution in [-0.4, -0.2) is 42.7 Å². The molecule has 0 radical (unpaired) electrons. The number of amides is 1. The first-order valence-electron chi connectivity index (χ1n) is 13.6. The van der Waals surface area contributed by atoms with Crippen LogP contribution in [0.2, 0.25) is 0 Å². The van der Waals surface area contributed by atoms with Crippen LogP contribution >= 0.6 is 0 Å². The van der Waals surface area contributed by atoms with Crippen LogP contribution in [0.25, 0.3) is 0 Å². The Morgan fingerprint density at radius 1 is 1.11 bits per heavy atom. The Morgan fingerprint density at radius 3 is 2.73 bits per heavy atom. The molecule has 0 aromatic heterocycles. The summed E-state index contributed by atoms with van der Waals surface area (Å²) in [5, 5.41) is 3.03. The Hall–Kier alpha value is -3.15.